The third-order valence-electron chi connectivity index (χ3n) is 5.58. The summed E-state index contributed by atoms with van der Waals surface area (Å²) in [5, 5.41) is 47.7. The number of aliphatic hydroxyl groups is 1. The van der Waals surface area contributed by atoms with Gasteiger partial charge in [-0.3, -0.25) is 19.2 Å². The molecule has 0 bridgehead atoms. The van der Waals surface area contributed by atoms with Gasteiger partial charge in [-0.05, 0) is 17.7 Å². The number of nitrogens with one attached hydrogen (secondary N) is 1. The highest BCUT2D eigenvalue weighted by Gasteiger charge is 2.57. The van der Waals surface area contributed by atoms with E-state index in [1.807, 2.05) is 0 Å². The molecule has 2 fully saturated rings. The van der Waals surface area contributed by atoms with E-state index in [2.05, 4.69) is 15.5 Å². The predicted molar refractivity (Wildman–Crippen MR) is 119 cm³/mol. The zero-order chi connectivity index (χ0) is 25.3. The summed E-state index contributed by atoms with van der Waals surface area (Å²) < 4.78 is 5.21. The molecule has 13 nitrogen and oxygen atoms in total. The first-order chi connectivity index (χ1) is 16.6. The summed E-state index contributed by atoms with van der Waals surface area (Å²) in [6, 6.07) is 4.51. The molecule has 3 heterocycles. The topological polar surface area (TPSA) is 203 Å². The Balaban J connectivity index is 1.36. The third-order valence-corrected chi connectivity index (χ3v) is 8.27. The molecule has 1 aromatic heterocycles. The standard InChI is InChI=1S/C20H20N4O9S2/c25-10-3-1-9(2-4-10)14(28)15(29)21-13-16(30)24-6-20(18(31)32,7-34-17(13)24)8-35-19-23-22-11(33-19)5-12(26)27/h1-4,13-14,17,25,28H,5-8H2,(H,21,29)(H,26,27)(H,31,32)/t13?,14?,17-,20?/m1/s1. The molecule has 4 rings (SSSR count). The number of aliphatic hydroxyl groups excluding tert-OH is 1. The number of aromatic nitrogens is 2. The van der Waals surface area contributed by atoms with E-state index in [0.717, 1.165) is 11.8 Å². The van der Waals surface area contributed by atoms with E-state index in [1.54, 1.807) is 0 Å². The molecule has 15 heteroatoms. The Morgan fingerprint density at radius 3 is 2.63 bits per heavy atom. The highest BCUT2D eigenvalue weighted by atomic mass is 32.2. The Morgan fingerprint density at radius 1 is 1.26 bits per heavy atom. The zero-order valence-electron chi connectivity index (χ0n) is 17.9. The summed E-state index contributed by atoms with van der Waals surface area (Å²) in [6.07, 6.45) is -1.99. The van der Waals surface area contributed by atoms with Crippen molar-refractivity contribution in [1.29, 1.82) is 0 Å². The van der Waals surface area contributed by atoms with Gasteiger partial charge in [0.2, 0.25) is 11.8 Å². The van der Waals surface area contributed by atoms with E-state index < -0.39 is 53.1 Å². The fourth-order valence-corrected chi connectivity index (χ4v) is 6.28. The smallest absolute Gasteiger partial charge is 0.313 e. The fourth-order valence-electron chi connectivity index (χ4n) is 3.64. The zero-order valence-corrected chi connectivity index (χ0v) is 19.5. The molecular weight excluding hydrogens is 504 g/mol. The number of rotatable bonds is 9. The van der Waals surface area contributed by atoms with Crippen LogP contribution in [-0.2, 0) is 25.6 Å². The Morgan fingerprint density at radius 2 is 1.97 bits per heavy atom. The van der Waals surface area contributed by atoms with Gasteiger partial charge in [0.05, 0.1) is 0 Å². The minimum atomic E-state index is -1.54. The minimum Gasteiger partial charge on any atom is -0.508 e. The summed E-state index contributed by atoms with van der Waals surface area (Å²) in [5.74, 6) is -3.51. The number of carboxylic acids is 2. The maximum Gasteiger partial charge on any atom is 0.313 e. The monoisotopic (exact) mass is 524 g/mol. The number of β-lactam (4-membered cyclic amide) rings is 1. The van der Waals surface area contributed by atoms with Crippen molar-refractivity contribution in [3.63, 3.8) is 0 Å². The number of carbonyl (C=O) groups is 4. The lowest BCUT2D eigenvalue weighted by molar-refractivity contribution is -0.158. The van der Waals surface area contributed by atoms with Crippen LogP contribution in [0.25, 0.3) is 0 Å². The first kappa shape index (κ1) is 24.8. The molecule has 5 N–H and O–H groups in total. The lowest BCUT2D eigenvalue weighted by atomic mass is 9.89. The normalized spacial score (nSPS) is 24.3. The van der Waals surface area contributed by atoms with Gasteiger partial charge >= 0.3 is 11.9 Å². The second-order valence-corrected chi connectivity index (χ2v) is 10.1. The van der Waals surface area contributed by atoms with Crippen molar-refractivity contribution in [2.75, 3.05) is 18.1 Å². The van der Waals surface area contributed by atoms with E-state index in [9.17, 15) is 34.5 Å². The Hall–Kier alpha value is -3.30. The molecule has 0 aliphatic carbocycles. The van der Waals surface area contributed by atoms with Gasteiger partial charge in [0.1, 0.15) is 29.0 Å². The van der Waals surface area contributed by atoms with Crippen LogP contribution in [0.5, 0.6) is 5.75 Å². The molecule has 0 radical (unpaired) electrons. The van der Waals surface area contributed by atoms with Crippen LogP contribution < -0.4 is 5.32 Å². The van der Waals surface area contributed by atoms with Crippen molar-refractivity contribution in [2.24, 2.45) is 5.41 Å². The van der Waals surface area contributed by atoms with Crippen LogP contribution >= 0.6 is 23.5 Å². The molecule has 186 valence electrons. The van der Waals surface area contributed by atoms with Gasteiger partial charge in [0.15, 0.2) is 6.10 Å². The summed E-state index contributed by atoms with van der Waals surface area (Å²) in [7, 11) is 0. The largest absolute Gasteiger partial charge is 0.508 e. The van der Waals surface area contributed by atoms with Crippen molar-refractivity contribution in [2.45, 2.75) is 29.2 Å². The minimum absolute atomic E-state index is 0.00285. The van der Waals surface area contributed by atoms with Crippen molar-refractivity contribution >= 4 is 47.3 Å². The van der Waals surface area contributed by atoms with E-state index in [-0.39, 0.29) is 40.5 Å². The van der Waals surface area contributed by atoms with E-state index in [1.165, 1.54) is 40.9 Å². The van der Waals surface area contributed by atoms with Gasteiger partial charge < -0.3 is 35.1 Å². The Kier molecular flexibility index (Phi) is 6.91. The highest BCUT2D eigenvalue weighted by molar-refractivity contribution is 8.00. The van der Waals surface area contributed by atoms with Crippen LogP contribution in [-0.4, -0.2) is 88.7 Å². The molecule has 2 aliphatic heterocycles. The maximum absolute atomic E-state index is 12.7. The quantitative estimate of drug-likeness (QED) is 0.211. The molecule has 0 spiro atoms. The average Bonchev–Trinajstić information content (AvgIpc) is 3.27. The second-order valence-electron chi connectivity index (χ2n) is 8.05. The van der Waals surface area contributed by atoms with E-state index >= 15 is 0 Å². The van der Waals surface area contributed by atoms with E-state index in [0.29, 0.717) is 0 Å². The van der Waals surface area contributed by atoms with Gasteiger partial charge in [0, 0.05) is 18.1 Å². The van der Waals surface area contributed by atoms with Crippen molar-refractivity contribution < 1.29 is 44.0 Å². The lowest BCUT2D eigenvalue weighted by Gasteiger charge is -2.53. The number of amides is 2. The Bertz CT molecular complexity index is 1160. The molecule has 2 aromatic rings. The number of hydrogen-bond acceptors (Lipinski definition) is 11. The molecule has 35 heavy (non-hydrogen) atoms. The second kappa shape index (κ2) is 9.75. The van der Waals surface area contributed by atoms with Crippen molar-refractivity contribution in [1.82, 2.24) is 20.4 Å². The molecule has 2 aliphatic rings. The van der Waals surface area contributed by atoms with Gasteiger partial charge in [-0.15, -0.1) is 22.0 Å². The van der Waals surface area contributed by atoms with Crippen LogP contribution in [0, 0.1) is 5.41 Å². The van der Waals surface area contributed by atoms with Crippen LogP contribution in [0.15, 0.2) is 33.9 Å². The van der Waals surface area contributed by atoms with E-state index in [4.69, 9.17) is 9.52 Å². The number of carboxylic acid groups (broad SMARTS) is 2. The molecular formula is C20H20N4O9S2. The van der Waals surface area contributed by atoms with Crippen LogP contribution in [0.3, 0.4) is 0 Å². The number of aliphatic carboxylic acids is 2. The number of fused-ring (bicyclic) bond motifs is 1. The van der Waals surface area contributed by atoms with Crippen LogP contribution in [0.4, 0.5) is 0 Å². The van der Waals surface area contributed by atoms with Crippen molar-refractivity contribution in [3.05, 3.63) is 35.7 Å². The highest BCUT2D eigenvalue weighted by Crippen LogP contribution is 2.44. The van der Waals surface area contributed by atoms with Gasteiger partial charge in [-0.2, -0.15) is 0 Å². The number of benzene rings is 1. The number of nitrogens with zero attached hydrogens (tertiary/aromatic N) is 3. The van der Waals surface area contributed by atoms with Gasteiger partial charge in [-0.1, -0.05) is 23.9 Å². The first-order valence-corrected chi connectivity index (χ1v) is 12.2. The summed E-state index contributed by atoms with van der Waals surface area (Å²) in [4.78, 5) is 49.4. The average molecular weight is 525 g/mol. The molecule has 0 saturated carbocycles. The van der Waals surface area contributed by atoms with Gasteiger partial charge in [-0.25, -0.2) is 0 Å². The van der Waals surface area contributed by atoms with Gasteiger partial charge in [0.25, 0.3) is 11.1 Å². The summed E-state index contributed by atoms with van der Waals surface area (Å²) >= 11 is 2.16. The number of carbonyl (C=O) groups excluding carboxylic acids is 2. The number of phenolic OH excluding ortho intramolecular Hbond substituents is 1. The van der Waals surface area contributed by atoms with Crippen LogP contribution in [0.1, 0.15) is 17.6 Å². The van der Waals surface area contributed by atoms with Crippen molar-refractivity contribution in [3.8, 4) is 5.75 Å². The molecule has 2 amide bonds. The lowest BCUT2D eigenvalue weighted by Crippen LogP contribution is -2.74. The summed E-state index contributed by atoms with van der Waals surface area (Å²) in [5.41, 5.74) is -1.08. The predicted octanol–water partition coefficient (Wildman–Crippen LogP) is -0.301. The molecule has 4 atom stereocenters. The number of thioether (sulfide) groups is 2. The molecule has 2 saturated heterocycles. The number of aromatic hydroxyl groups is 1. The SMILES string of the molecule is O=C(O)Cc1nnc(SCC2(C(=O)O)CS[C@@H]3C(NC(=O)C(O)c4ccc(O)cc4)C(=O)N3C2)o1. The number of phenols is 1. The molecule has 1 aromatic carbocycles. The maximum atomic E-state index is 12.7. The fraction of sp³-hybridized carbons (Fsp3) is 0.400. The third kappa shape index (κ3) is 5.06. The molecule has 3 unspecified atom stereocenters. The number of hydrogen-bond donors (Lipinski definition) is 5. The Labute approximate surface area is 205 Å². The van der Waals surface area contributed by atoms with Crippen LogP contribution in [0.2, 0.25) is 0 Å². The first-order valence-electron chi connectivity index (χ1n) is 10.2. The summed E-state index contributed by atoms with van der Waals surface area (Å²) in [6.45, 7) is -0.102.